The molecule has 1 aromatic carbocycles. The molecule has 0 spiro atoms. The summed E-state index contributed by atoms with van der Waals surface area (Å²) in [5.74, 6) is -0.557. The molecule has 0 amide bonds. The molecule has 0 saturated carbocycles. The first-order chi connectivity index (χ1) is 16.3. The van der Waals surface area contributed by atoms with Gasteiger partial charge >= 0.3 is 0 Å². The minimum absolute atomic E-state index is 0.198. The molecule has 1 aliphatic rings. The van der Waals surface area contributed by atoms with E-state index in [2.05, 4.69) is 9.97 Å². The van der Waals surface area contributed by atoms with Crippen molar-refractivity contribution < 1.29 is 9.13 Å². The van der Waals surface area contributed by atoms with Gasteiger partial charge in [-0.05, 0) is 56.2 Å². The molecule has 9 heteroatoms. The lowest BCUT2D eigenvalue weighted by Gasteiger charge is -2.22. The molecule has 4 heterocycles. The molecule has 1 N–H and O–H groups in total. The van der Waals surface area contributed by atoms with Gasteiger partial charge in [0.1, 0.15) is 17.6 Å². The second-order valence-electron chi connectivity index (χ2n) is 8.14. The minimum atomic E-state index is -0.557. The zero-order valence-electron chi connectivity index (χ0n) is 18.4. The van der Waals surface area contributed by atoms with Crippen molar-refractivity contribution in [3.05, 3.63) is 103 Å². The molecule has 1 aliphatic heterocycles. The van der Waals surface area contributed by atoms with Crippen molar-refractivity contribution in [2.45, 2.75) is 26.4 Å². The molecule has 0 bridgehead atoms. The van der Waals surface area contributed by atoms with Crippen LogP contribution in [0.1, 0.15) is 35.0 Å². The van der Waals surface area contributed by atoms with Crippen LogP contribution in [-0.4, -0.2) is 26.0 Å². The molecular weight excluding hydrogens is 459 g/mol. The third-order valence-corrected chi connectivity index (χ3v) is 6.19. The lowest BCUT2D eigenvalue weighted by molar-refractivity contribution is 0.0824. The highest BCUT2D eigenvalue weighted by molar-refractivity contribution is 6.30. The third-order valence-electron chi connectivity index (χ3n) is 5.95. The van der Waals surface area contributed by atoms with Gasteiger partial charge in [-0.25, -0.2) is 14.4 Å². The number of nitrogens with one attached hydrogen (secondary N) is 1. The van der Waals surface area contributed by atoms with Crippen molar-refractivity contribution in [1.29, 1.82) is 0 Å². The zero-order valence-corrected chi connectivity index (χ0v) is 19.2. The first-order valence-corrected chi connectivity index (χ1v) is 11.1. The Kier molecular flexibility index (Phi) is 5.63. The number of hydrogen-bond donors (Lipinski definition) is 1. The number of fused-ring (bicyclic) bond motifs is 1. The number of benzene rings is 1. The van der Waals surface area contributed by atoms with Gasteiger partial charge in [-0.3, -0.25) is 14.0 Å². The van der Waals surface area contributed by atoms with Crippen molar-refractivity contribution in [3.63, 3.8) is 0 Å². The van der Waals surface area contributed by atoms with Crippen molar-refractivity contribution >= 4 is 22.8 Å². The lowest BCUT2D eigenvalue weighted by atomic mass is 10.0. The largest absolute Gasteiger partial charge is 0.369 e. The van der Waals surface area contributed by atoms with E-state index >= 15 is 0 Å². The summed E-state index contributed by atoms with van der Waals surface area (Å²) in [7, 11) is 0. The van der Waals surface area contributed by atoms with Crippen molar-refractivity contribution in [1.82, 2.24) is 19.4 Å². The zero-order chi connectivity index (χ0) is 24.0. The van der Waals surface area contributed by atoms with Crippen molar-refractivity contribution in [3.8, 4) is 11.3 Å². The average Bonchev–Trinajstić information content (AvgIpc) is 2.83. The Morgan fingerprint density at radius 3 is 2.74 bits per heavy atom. The number of aromatic nitrogens is 4. The second-order valence-corrected chi connectivity index (χ2v) is 8.58. The predicted octanol–water partition coefficient (Wildman–Crippen LogP) is 4.40. The maximum atomic E-state index is 14.9. The maximum Gasteiger partial charge on any atom is 0.261 e. The average molecular weight is 479 g/mol. The van der Waals surface area contributed by atoms with Gasteiger partial charge in [0.15, 0.2) is 5.65 Å². The van der Waals surface area contributed by atoms with E-state index in [-0.39, 0.29) is 33.0 Å². The molecule has 7 nitrogen and oxygen atoms in total. The number of halogens is 2. The van der Waals surface area contributed by atoms with E-state index in [1.54, 1.807) is 38.4 Å². The summed E-state index contributed by atoms with van der Waals surface area (Å²) in [6.07, 6.45) is 5.29. The molecule has 0 fully saturated rings. The highest BCUT2D eigenvalue weighted by atomic mass is 35.5. The maximum absolute atomic E-state index is 14.9. The summed E-state index contributed by atoms with van der Waals surface area (Å²) in [5, 5.41) is 0.259. The summed E-state index contributed by atoms with van der Waals surface area (Å²) in [6.45, 7) is 3.86. The number of hydrogen-bond acceptors (Lipinski definition) is 5. The van der Waals surface area contributed by atoms with E-state index in [1.165, 1.54) is 22.6 Å². The number of aromatic amines is 1. The Balaban J connectivity index is 1.74. The van der Waals surface area contributed by atoms with Crippen LogP contribution in [0.4, 0.5) is 4.39 Å². The molecule has 3 aromatic heterocycles. The SMILES string of the molecule is Cc1nc2c(-c3ccc(Cl)cc3F)nc(C3=CC(c4ccc(=O)[nH]c4)OCC3)cn2c(=O)c1C. The Morgan fingerprint density at radius 1 is 1.18 bits per heavy atom. The van der Waals surface area contributed by atoms with E-state index in [0.717, 1.165) is 11.1 Å². The van der Waals surface area contributed by atoms with Crippen LogP contribution in [0.15, 0.2) is 58.4 Å². The van der Waals surface area contributed by atoms with E-state index < -0.39 is 11.9 Å². The number of pyridine rings is 1. The summed E-state index contributed by atoms with van der Waals surface area (Å²) in [4.78, 5) is 36.5. The molecular formula is C25H20ClFN4O3. The molecule has 4 aromatic rings. The predicted molar refractivity (Wildman–Crippen MR) is 127 cm³/mol. The van der Waals surface area contributed by atoms with Gasteiger partial charge in [0.2, 0.25) is 5.56 Å². The number of nitrogens with zero attached hydrogens (tertiary/aromatic N) is 3. The van der Waals surface area contributed by atoms with Crippen molar-refractivity contribution in [2.24, 2.45) is 0 Å². The highest BCUT2D eigenvalue weighted by Crippen LogP contribution is 2.33. The summed E-state index contributed by atoms with van der Waals surface area (Å²) in [5.41, 5.74) is 3.46. The van der Waals surface area contributed by atoms with Gasteiger partial charge in [-0.15, -0.1) is 0 Å². The van der Waals surface area contributed by atoms with E-state index in [9.17, 15) is 14.0 Å². The number of ether oxygens (including phenoxy) is 1. The number of rotatable bonds is 3. The van der Waals surface area contributed by atoms with Gasteiger partial charge in [0.25, 0.3) is 5.56 Å². The fraction of sp³-hybridized carbons (Fsp3) is 0.200. The van der Waals surface area contributed by atoms with Gasteiger partial charge in [0.05, 0.1) is 12.3 Å². The Labute approximate surface area is 198 Å². The van der Waals surface area contributed by atoms with E-state index in [4.69, 9.17) is 21.3 Å². The lowest BCUT2D eigenvalue weighted by Crippen LogP contribution is -2.21. The van der Waals surface area contributed by atoms with Gasteiger partial charge in [-0.2, -0.15) is 0 Å². The van der Waals surface area contributed by atoms with Crippen LogP contribution >= 0.6 is 11.6 Å². The topological polar surface area (TPSA) is 89.3 Å². The molecule has 34 heavy (non-hydrogen) atoms. The first kappa shape index (κ1) is 22.2. The van der Waals surface area contributed by atoms with Gasteiger partial charge in [-0.1, -0.05) is 11.6 Å². The Hall–Kier alpha value is -3.62. The van der Waals surface area contributed by atoms with E-state index in [0.29, 0.717) is 30.0 Å². The fourth-order valence-electron chi connectivity index (χ4n) is 3.97. The smallest absolute Gasteiger partial charge is 0.261 e. The molecule has 1 unspecified atom stereocenters. The van der Waals surface area contributed by atoms with Crippen LogP contribution in [0.25, 0.3) is 22.5 Å². The third kappa shape index (κ3) is 3.95. The normalized spacial score (nSPS) is 16.0. The Morgan fingerprint density at radius 2 is 2.00 bits per heavy atom. The van der Waals surface area contributed by atoms with Gasteiger partial charge in [0, 0.05) is 45.9 Å². The van der Waals surface area contributed by atoms with E-state index in [1.807, 2.05) is 6.08 Å². The monoisotopic (exact) mass is 478 g/mol. The van der Waals surface area contributed by atoms with Crippen LogP contribution in [0.5, 0.6) is 0 Å². The molecule has 0 saturated heterocycles. The van der Waals surface area contributed by atoms with Crippen LogP contribution in [-0.2, 0) is 4.74 Å². The van der Waals surface area contributed by atoms with Crippen molar-refractivity contribution in [2.75, 3.05) is 6.61 Å². The highest BCUT2D eigenvalue weighted by Gasteiger charge is 2.22. The molecule has 0 radical (unpaired) electrons. The van der Waals surface area contributed by atoms with Crippen LogP contribution < -0.4 is 11.1 Å². The quantitative estimate of drug-likeness (QED) is 0.471. The summed E-state index contributed by atoms with van der Waals surface area (Å²) in [6, 6.07) is 7.45. The summed E-state index contributed by atoms with van der Waals surface area (Å²) >= 11 is 5.95. The molecule has 0 aliphatic carbocycles. The Bertz CT molecular complexity index is 1570. The molecule has 1 atom stereocenters. The first-order valence-electron chi connectivity index (χ1n) is 10.7. The van der Waals surface area contributed by atoms with Gasteiger partial charge < -0.3 is 9.72 Å². The van der Waals surface area contributed by atoms with Crippen LogP contribution in [0, 0.1) is 19.7 Å². The number of H-pyrrole nitrogens is 1. The number of aryl methyl sites for hydroxylation is 1. The summed E-state index contributed by atoms with van der Waals surface area (Å²) < 4.78 is 22.2. The standard InChI is InChI=1S/C25H20ClFN4O3/c1-13-14(2)29-24-23(18-5-4-17(26)10-19(18)27)30-20(12-31(24)25(13)33)15-7-8-34-21(9-15)16-3-6-22(32)28-11-16/h3-6,9-12,21H,7-8H2,1-2H3,(H,28,32). The molecule has 5 rings (SSSR count). The molecule has 172 valence electrons. The van der Waals surface area contributed by atoms with Crippen LogP contribution in [0.2, 0.25) is 5.02 Å². The minimum Gasteiger partial charge on any atom is -0.369 e. The fourth-order valence-corrected chi connectivity index (χ4v) is 4.13. The van der Waals surface area contributed by atoms with Crippen LogP contribution in [0.3, 0.4) is 0 Å². The second kappa shape index (κ2) is 8.62.